The van der Waals surface area contributed by atoms with E-state index in [1.807, 2.05) is 0 Å². The molecule has 2 nitrogen and oxygen atoms in total. The third kappa shape index (κ3) is 3.15. The molecule has 0 saturated carbocycles. The topological polar surface area (TPSA) is 29.5 Å². The van der Waals surface area contributed by atoms with Gasteiger partial charge in [0.25, 0.3) is 0 Å². The molecule has 2 aromatic carbocycles. The molecule has 0 aliphatic carbocycles. The van der Waals surface area contributed by atoms with Crippen molar-refractivity contribution in [1.82, 2.24) is 0 Å². The number of aliphatic hydroxyl groups excluding tert-OH is 1. The van der Waals surface area contributed by atoms with E-state index in [2.05, 4.69) is 0 Å². The molecular weight excluding hydrogens is 307 g/mol. The Bertz CT molecular complexity index is 599. The quantitative estimate of drug-likeness (QED) is 0.886. The number of hydrogen-bond donors (Lipinski definition) is 1. The van der Waals surface area contributed by atoms with Crippen molar-refractivity contribution in [2.45, 2.75) is 6.10 Å². The van der Waals surface area contributed by atoms with E-state index in [1.54, 1.807) is 43.5 Å². The highest BCUT2D eigenvalue weighted by Gasteiger charge is 2.17. The van der Waals surface area contributed by atoms with Crippen molar-refractivity contribution < 1.29 is 9.84 Å². The van der Waals surface area contributed by atoms with Gasteiger partial charge in [-0.25, -0.2) is 0 Å². The number of methoxy groups -OCH3 is 1. The molecular formula is C14H11Cl3O2. The minimum Gasteiger partial charge on any atom is -0.497 e. The maximum atomic E-state index is 10.4. The van der Waals surface area contributed by atoms with E-state index >= 15 is 0 Å². The summed E-state index contributed by atoms with van der Waals surface area (Å²) < 4.78 is 5.07. The Labute approximate surface area is 126 Å². The number of hydrogen-bond acceptors (Lipinski definition) is 2. The van der Waals surface area contributed by atoms with Gasteiger partial charge in [0.05, 0.1) is 12.1 Å². The second-order valence-electron chi connectivity index (χ2n) is 3.96. The molecule has 0 heterocycles. The van der Waals surface area contributed by atoms with Crippen LogP contribution < -0.4 is 4.74 Å². The van der Waals surface area contributed by atoms with E-state index in [4.69, 9.17) is 39.5 Å². The molecule has 100 valence electrons. The summed E-state index contributed by atoms with van der Waals surface area (Å²) >= 11 is 18.0. The molecule has 0 unspecified atom stereocenters. The number of ether oxygens (including phenoxy) is 1. The Morgan fingerprint density at radius 3 is 2.05 bits per heavy atom. The average Bonchev–Trinajstić information content (AvgIpc) is 2.37. The van der Waals surface area contributed by atoms with Gasteiger partial charge in [0.2, 0.25) is 0 Å². The highest BCUT2D eigenvalue weighted by molar-refractivity contribution is 6.35. The van der Waals surface area contributed by atoms with Gasteiger partial charge < -0.3 is 9.84 Å². The van der Waals surface area contributed by atoms with Gasteiger partial charge in [-0.1, -0.05) is 46.9 Å². The number of aliphatic hydroxyl groups is 1. The van der Waals surface area contributed by atoms with Crippen molar-refractivity contribution in [3.05, 3.63) is 62.6 Å². The maximum Gasteiger partial charge on any atom is 0.120 e. The second-order valence-corrected chi connectivity index (χ2v) is 5.21. The first kappa shape index (κ1) is 14.5. The highest BCUT2D eigenvalue weighted by atomic mass is 35.5. The van der Waals surface area contributed by atoms with E-state index in [9.17, 15) is 5.11 Å². The third-order valence-electron chi connectivity index (χ3n) is 2.76. The summed E-state index contributed by atoms with van der Waals surface area (Å²) in [6, 6.07) is 10.0. The second kappa shape index (κ2) is 6.02. The van der Waals surface area contributed by atoms with E-state index in [0.29, 0.717) is 31.9 Å². The van der Waals surface area contributed by atoms with Gasteiger partial charge in [0, 0.05) is 21.2 Å². The molecule has 0 fully saturated rings. The van der Waals surface area contributed by atoms with Crippen molar-refractivity contribution in [1.29, 1.82) is 0 Å². The zero-order chi connectivity index (χ0) is 14.0. The van der Waals surface area contributed by atoms with E-state index in [-0.39, 0.29) is 0 Å². The first-order valence-electron chi connectivity index (χ1n) is 5.49. The van der Waals surface area contributed by atoms with Crippen LogP contribution in [0, 0.1) is 0 Å². The van der Waals surface area contributed by atoms with Crippen molar-refractivity contribution in [2.75, 3.05) is 7.11 Å². The summed E-state index contributed by atoms with van der Waals surface area (Å²) in [5, 5.41) is 11.7. The molecule has 19 heavy (non-hydrogen) atoms. The van der Waals surface area contributed by atoms with Crippen LogP contribution in [-0.4, -0.2) is 12.2 Å². The van der Waals surface area contributed by atoms with Gasteiger partial charge in [-0.3, -0.25) is 0 Å². The van der Waals surface area contributed by atoms with Crippen LogP contribution in [0.3, 0.4) is 0 Å². The van der Waals surface area contributed by atoms with E-state index in [0.717, 1.165) is 0 Å². The van der Waals surface area contributed by atoms with Crippen molar-refractivity contribution >= 4 is 34.8 Å². The molecule has 2 rings (SSSR count). The standard InChI is InChI=1S/C14H11Cl3O2/c1-19-9-3-5-11(13(17)7-9)14(18)10-4-2-8(15)6-12(10)16/h2-7,14,18H,1H3/t14-/m0/s1. The normalized spacial score (nSPS) is 12.3. The zero-order valence-electron chi connectivity index (χ0n) is 10.0. The van der Waals surface area contributed by atoms with Gasteiger partial charge in [0.1, 0.15) is 11.9 Å². The smallest absolute Gasteiger partial charge is 0.120 e. The fourth-order valence-corrected chi connectivity index (χ4v) is 2.53. The van der Waals surface area contributed by atoms with Crippen molar-refractivity contribution in [3.8, 4) is 5.75 Å². The number of benzene rings is 2. The summed E-state index contributed by atoms with van der Waals surface area (Å²) in [7, 11) is 1.55. The first-order chi connectivity index (χ1) is 9.02. The van der Waals surface area contributed by atoms with E-state index < -0.39 is 6.10 Å². The lowest BCUT2D eigenvalue weighted by atomic mass is 10.0. The molecule has 0 radical (unpaired) electrons. The van der Waals surface area contributed by atoms with Crippen LogP contribution >= 0.6 is 34.8 Å². The molecule has 0 amide bonds. The van der Waals surface area contributed by atoms with Gasteiger partial charge >= 0.3 is 0 Å². The molecule has 0 aliphatic rings. The summed E-state index contributed by atoms with van der Waals surface area (Å²) in [4.78, 5) is 0. The van der Waals surface area contributed by atoms with E-state index in [1.165, 1.54) is 0 Å². The number of halogens is 3. The maximum absolute atomic E-state index is 10.4. The predicted molar refractivity (Wildman–Crippen MR) is 78.5 cm³/mol. The molecule has 0 bridgehead atoms. The molecule has 5 heteroatoms. The minimum atomic E-state index is -0.914. The molecule has 0 spiro atoms. The summed E-state index contributed by atoms with van der Waals surface area (Å²) in [5.41, 5.74) is 1.12. The fraction of sp³-hybridized carbons (Fsp3) is 0.143. The Kier molecular flexibility index (Phi) is 4.58. The zero-order valence-corrected chi connectivity index (χ0v) is 12.3. The molecule has 0 saturated heterocycles. The lowest BCUT2D eigenvalue weighted by Crippen LogP contribution is -2.01. The monoisotopic (exact) mass is 316 g/mol. The Morgan fingerprint density at radius 1 is 0.947 bits per heavy atom. The minimum absolute atomic E-state index is 0.395. The largest absolute Gasteiger partial charge is 0.497 e. The van der Waals surface area contributed by atoms with Crippen LogP contribution in [-0.2, 0) is 0 Å². The van der Waals surface area contributed by atoms with Crippen LogP contribution in [0.1, 0.15) is 17.2 Å². The predicted octanol–water partition coefficient (Wildman–Crippen LogP) is 4.74. The molecule has 0 aliphatic heterocycles. The lowest BCUT2D eigenvalue weighted by molar-refractivity contribution is 0.220. The summed E-state index contributed by atoms with van der Waals surface area (Å²) in [6.07, 6.45) is -0.914. The van der Waals surface area contributed by atoms with Gasteiger partial charge in [-0.15, -0.1) is 0 Å². The van der Waals surface area contributed by atoms with Crippen molar-refractivity contribution in [2.24, 2.45) is 0 Å². The van der Waals surface area contributed by atoms with Crippen LogP contribution in [0.15, 0.2) is 36.4 Å². The lowest BCUT2D eigenvalue weighted by Gasteiger charge is -2.15. The van der Waals surface area contributed by atoms with Gasteiger partial charge in [-0.05, 0) is 24.3 Å². The first-order valence-corrected chi connectivity index (χ1v) is 6.62. The van der Waals surface area contributed by atoms with Crippen LogP contribution in [0.4, 0.5) is 0 Å². The SMILES string of the molecule is COc1ccc([C@@H](O)c2ccc(Cl)cc2Cl)c(Cl)c1. The number of rotatable bonds is 3. The summed E-state index contributed by atoms with van der Waals surface area (Å²) in [5.74, 6) is 0.628. The van der Waals surface area contributed by atoms with Gasteiger partial charge in [0.15, 0.2) is 0 Å². The van der Waals surface area contributed by atoms with Crippen molar-refractivity contribution in [3.63, 3.8) is 0 Å². The van der Waals surface area contributed by atoms with Crippen LogP contribution in [0.5, 0.6) is 5.75 Å². The molecule has 2 aromatic rings. The Morgan fingerprint density at radius 2 is 1.53 bits per heavy atom. The van der Waals surface area contributed by atoms with Crippen LogP contribution in [0.25, 0.3) is 0 Å². The third-order valence-corrected chi connectivity index (χ3v) is 3.65. The summed E-state index contributed by atoms with van der Waals surface area (Å²) in [6.45, 7) is 0. The fourth-order valence-electron chi connectivity index (χ4n) is 1.75. The Hall–Kier alpha value is -0.930. The Balaban J connectivity index is 2.41. The average molecular weight is 318 g/mol. The molecule has 1 atom stereocenters. The van der Waals surface area contributed by atoms with Gasteiger partial charge in [-0.2, -0.15) is 0 Å². The highest BCUT2D eigenvalue weighted by Crippen LogP contribution is 2.34. The molecule has 0 aromatic heterocycles. The molecule has 1 N–H and O–H groups in total. The van der Waals surface area contributed by atoms with Crippen LogP contribution in [0.2, 0.25) is 15.1 Å².